The first-order valence-corrected chi connectivity index (χ1v) is 34.2. The van der Waals surface area contributed by atoms with E-state index < -0.39 is 6.10 Å². The van der Waals surface area contributed by atoms with Crippen LogP contribution in [0.5, 0.6) is 0 Å². The van der Waals surface area contributed by atoms with Gasteiger partial charge in [-0.3, -0.25) is 14.4 Å². The maximum atomic E-state index is 12.9. The van der Waals surface area contributed by atoms with E-state index >= 15 is 0 Å². The first kappa shape index (κ1) is 77.5. The molecule has 0 N–H and O–H groups in total. The molecule has 0 amide bonds. The minimum atomic E-state index is -0.805. The molecule has 0 saturated carbocycles. The Bertz CT molecular complexity index is 1730. The highest BCUT2D eigenvalue weighted by molar-refractivity contribution is 5.71. The third-order valence-electron chi connectivity index (χ3n) is 14.4. The molecule has 0 aliphatic heterocycles. The lowest BCUT2D eigenvalue weighted by Crippen LogP contribution is -2.30. The largest absolute Gasteiger partial charge is 0.462 e. The normalized spacial score (nSPS) is 13.0. The molecule has 6 nitrogen and oxygen atoms in total. The van der Waals surface area contributed by atoms with Crippen LogP contribution in [0, 0.1) is 0 Å². The average Bonchev–Trinajstić information content (AvgIpc) is 3.48. The fraction of sp³-hybridized carbons (Fsp3) is 0.671. The fourth-order valence-electron chi connectivity index (χ4n) is 9.29. The van der Waals surface area contributed by atoms with Gasteiger partial charge in [0.05, 0.1) is 0 Å². The lowest BCUT2D eigenvalue weighted by molar-refractivity contribution is -0.167. The average molecular weight is 1140 g/mol. The molecule has 0 bridgehead atoms. The summed E-state index contributed by atoms with van der Waals surface area (Å²) >= 11 is 0. The van der Waals surface area contributed by atoms with Crippen LogP contribution < -0.4 is 0 Å². The van der Waals surface area contributed by atoms with Crippen molar-refractivity contribution in [1.82, 2.24) is 0 Å². The van der Waals surface area contributed by atoms with Crippen molar-refractivity contribution < 1.29 is 28.6 Å². The van der Waals surface area contributed by atoms with Crippen LogP contribution in [0.2, 0.25) is 0 Å². The van der Waals surface area contributed by atoms with Crippen molar-refractivity contribution in [3.8, 4) is 0 Å². The van der Waals surface area contributed by atoms with Crippen molar-refractivity contribution in [2.45, 2.75) is 316 Å². The van der Waals surface area contributed by atoms with Crippen LogP contribution in [0.1, 0.15) is 310 Å². The van der Waals surface area contributed by atoms with Gasteiger partial charge in [-0.25, -0.2) is 0 Å². The van der Waals surface area contributed by atoms with Gasteiger partial charge in [0.15, 0.2) is 6.10 Å². The van der Waals surface area contributed by atoms with Crippen molar-refractivity contribution in [2.75, 3.05) is 13.2 Å². The van der Waals surface area contributed by atoms with Crippen LogP contribution in [0.25, 0.3) is 0 Å². The summed E-state index contributed by atoms with van der Waals surface area (Å²) in [6.07, 6.45) is 97.5. The van der Waals surface area contributed by atoms with E-state index in [-0.39, 0.29) is 31.1 Å². The Balaban J connectivity index is 4.45. The molecular formula is C76H126O6. The van der Waals surface area contributed by atoms with E-state index in [1.165, 1.54) is 141 Å². The van der Waals surface area contributed by atoms with Crippen LogP contribution in [-0.2, 0) is 28.6 Å². The molecule has 0 aliphatic rings. The van der Waals surface area contributed by atoms with E-state index in [2.05, 4.69) is 154 Å². The first-order chi connectivity index (χ1) is 40.5. The number of hydrogen-bond donors (Lipinski definition) is 0. The molecule has 1 unspecified atom stereocenters. The van der Waals surface area contributed by atoms with Crippen LogP contribution >= 0.6 is 0 Å². The molecule has 0 aromatic carbocycles. The summed E-state index contributed by atoms with van der Waals surface area (Å²) in [5.74, 6) is -0.942. The molecule has 0 saturated heterocycles. The number of unbranched alkanes of at least 4 members (excludes halogenated alkanes) is 28. The molecule has 0 aliphatic carbocycles. The quantitative estimate of drug-likeness (QED) is 0.0261. The fourth-order valence-corrected chi connectivity index (χ4v) is 9.29. The van der Waals surface area contributed by atoms with Gasteiger partial charge in [-0.05, 0) is 122 Å². The second kappa shape index (κ2) is 69.0. The standard InChI is InChI=1S/C76H126O6/c1-4-7-10-13-16-19-22-25-28-30-32-34-36-37-38-39-41-42-44-46-48-51-54-57-60-63-66-69-75(78)81-72-73(71-80-74(77)68-65-62-59-56-53-50-27-24-21-18-15-12-9-6-3)82-76(79)70-67-64-61-58-55-52-49-47-45-43-40-35-33-31-29-26-23-20-17-14-11-8-5-2/h7,10,16,19,23,25-26,28,31-34,37-38,40-43,46,48,54,57,73H,4-6,8-9,11-15,17-18,20-22,24,27,29-30,35-36,39,44-45,47,49-53,55-56,58-72H2,1-3H3/b10-7-,19-16-,26-23-,28-25-,33-31-,34-32-,38-37-,42-41-,43-40-,48-46-,57-54-. The number of ether oxygens (including phenoxy) is 3. The molecule has 1 atom stereocenters. The Labute approximate surface area is 506 Å². The summed E-state index contributed by atoms with van der Waals surface area (Å²) in [7, 11) is 0. The Morgan fingerprint density at radius 1 is 0.256 bits per heavy atom. The Morgan fingerprint density at radius 3 is 0.768 bits per heavy atom. The molecule has 0 aromatic rings. The van der Waals surface area contributed by atoms with Crippen molar-refractivity contribution in [3.05, 3.63) is 134 Å². The number of hydrogen-bond acceptors (Lipinski definition) is 6. The predicted octanol–water partition coefficient (Wildman–Crippen LogP) is 23.7. The Morgan fingerprint density at radius 2 is 0.476 bits per heavy atom. The van der Waals surface area contributed by atoms with Crippen molar-refractivity contribution in [2.24, 2.45) is 0 Å². The summed E-state index contributed by atoms with van der Waals surface area (Å²) < 4.78 is 16.9. The Hall–Kier alpha value is -4.45. The molecular weight excluding hydrogens is 1010 g/mol. The molecule has 0 rings (SSSR count). The monoisotopic (exact) mass is 1130 g/mol. The van der Waals surface area contributed by atoms with Crippen LogP contribution in [0.15, 0.2) is 134 Å². The van der Waals surface area contributed by atoms with Gasteiger partial charge in [0.1, 0.15) is 13.2 Å². The van der Waals surface area contributed by atoms with Crippen molar-refractivity contribution in [1.29, 1.82) is 0 Å². The highest BCUT2D eigenvalue weighted by Crippen LogP contribution is 2.16. The first-order valence-electron chi connectivity index (χ1n) is 34.2. The minimum Gasteiger partial charge on any atom is -0.462 e. The molecule has 0 aromatic heterocycles. The van der Waals surface area contributed by atoms with Crippen molar-refractivity contribution >= 4 is 17.9 Å². The molecule has 6 heteroatoms. The van der Waals surface area contributed by atoms with Gasteiger partial charge in [0, 0.05) is 19.3 Å². The zero-order chi connectivity index (χ0) is 59.2. The predicted molar refractivity (Wildman–Crippen MR) is 357 cm³/mol. The lowest BCUT2D eigenvalue weighted by Gasteiger charge is -2.18. The summed E-state index contributed by atoms with van der Waals surface area (Å²) in [5, 5.41) is 0. The molecule has 0 spiro atoms. The highest BCUT2D eigenvalue weighted by Gasteiger charge is 2.19. The SMILES string of the molecule is CC/C=C\C/C=C\C/C=C\C/C=C\C/C=C\C/C=C\C/C=C\C/C=C\CCCCC(=O)OCC(COC(=O)CCCCCCCCCCCCCCCC)OC(=O)CCCCCCCCCC/C=C\C/C=C\C/C=C\CCCCCCC. The third-order valence-corrected chi connectivity index (χ3v) is 14.4. The van der Waals surface area contributed by atoms with Gasteiger partial charge in [-0.15, -0.1) is 0 Å². The van der Waals surface area contributed by atoms with Crippen molar-refractivity contribution in [3.63, 3.8) is 0 Å². The second-order valence-electron chi connectivity index (χ2n) is 22.4. The van der Waals surface area contributed by atoms with E-state index in [0.29, 0.717) is 25.7 Å². The number of esters is 3. The zero-order valence-corrected chi connectivity index (χ0v) is 53.5. The van der Waals surface area contributed by atoms with E-state index in [0.717, 1.165) is 122 Å². The lowest BCUT2D eigenvalue weighted by atomic mass is 10.0. The van der Waals surface area contributed by atoms with Gasteiger partial charge in [0.25, 0.3) is 0 Å². The molecule has 0 fully saturated rings. The van der Waals surface area contributed by atoms with E-state index in [1.54, 1.807) is 0 Å². The number of rotatable bonds is 61. The molecule has 82 heavy (non-hydrogen) atoms. The summed E-state index contributed by atoms with van der Waals surface area (Å²) in [4.78, 5) is 38.4. The zero-order valence-electron chi connectivity index (χ0n) is 53.5. The van der Waals surface area contributed by atoms with Gasteiger partial charge in [0.2, 0.25) is 0 Å². The molecule has 466 valence electrons. The van der Waals surface area contributed by atoms with Crippen LogP contribution in [0.4, 0.5) is 0 Å². The number of carbonyl (C=O) groups is 3. The van der Waals surface area contributed by atoms with Crippen LogP contribution in [0.3, 0.4) is 0 Å². The maximum Gasteiger partial charge on any atom is 0.306 e. The third kappa shape index (κ3) is 66.4. The van der Waals surface area contributed by atoms with Gasteiger partial charge < -0.3 is 14.2 Å². The topological polar surface area (TPSA) is 78.9 Å². The van der Waals surface area contributed by atoms with E-state index in [9.17, 15) is 14.4 Å². The summed E-state index contributed by atoms with van der Waals surface area (Å²) in [5.41, 5.74) is 0. The number of allylic oxidation sites excluding steroid dienone is 22. The minimum absolute atomic E-state index is 0.0961. The maximum absolute atomic E-state index is 12.9. The molecule has 0 heterocycles. The van der Waals surface area contributed by atoms with Crippen LogP contribution in [-0.4, -0.2) is 37.2 Å². The van der Waals surface area contributed by atoms with Gasteiger partial charge in [-0.2, -0.15) is 0 Å². The Kier molecular flexibility index (Phi) is 65.3. The van der Waals surface area contributed by atoms with E-state index in [1.807, 2.05) is 0 Å². The van der Waals surface area contributed by atoms with Gasteiger partial charge in [-0.1, -0.05) is 302 Å². The smallest absolute Gasteiger partial charge is 0.306 e. The summed E-state index contributed by atoms with van der Waals surface area (Å²) in [6, 6.07) is 0. The van der Waals surface area contributed by atoms with Gasteiger partial charge >= 0.3 is 17.9 Å². The molecule has 0 radical (unpaired) electrons. The van der Waals surface area contributed by atoms with E-state index in [4.69, 9.17) is 14.2 Å². The highest BCUT2D eigenvalue weighted by atomic mass is 16.6. The summed E-state index contributed by atoms with van der Waals surface area (Å²) in [6.45, 7) is 6.49. The number of carbonyl (C=O) groups excluding carboxylic acids is 3. The second-order valence-corrected chi connectivity index (χ2v) is 22.4.